The fourth-order valence-corrected chi connectivity index (χ4v) is 3.99. The quantitative estimate of drug-likeness (QED) is 0.824. The molecule has 1 fully saturated rings. The van der Waals surface area contributed by atoms with Crippen LogP contribution in [0.25, 0.3) is 0 Å². The first kappa shape index (κ1) is 14.0. The Labute approximate surface area is 99.9 Å². The molecule has 0 amide bonds. The summed E-state index contributed by atoms with van der Waals surface area (Å²) >= 11 is 0. The van der Waals surface area contributed by atoms with E-state index >= 15 is 0 Å². The first-order valence-corrected chi connectivity index (χ1v) is 8.26. The molecule has 16 heavy (non-hydrogen) atoms. The van der Waals surface area contributed by atoms with Gasteiger partial charge >= 0.3 is 0 Å². The predicted molar refractivity (Wildman–Crippen MR) is 68.3 cm³/mol. The lowest BCUT2D eigenvalue weighted by atomic mass is 9.80. The normalized spacial score (nSPS) is 33.6. The van der Waals surface area contributed by atoms with E-state index in [4.69, 9.17) is 0 Å². The molecule has 0 aromatic heterocycles. The molecule has 1 aliphatic carbocycles. The first-order valence-electron chi connectivity index (χ1n) is 6.20. The van der Waals surface area contributed by atoms with E-state index in [0.717, 1.165) is 11.8 Å². The summed E-state index contributed by atoms with van der Waals surface area (Å²) in [6.45, 7) is 6.53. The molecule has 0 radical (unpaired) electrons. The topological polar surface area (TPSA) is 46.2 Å². The van der Waals surface area contributed by atoms with Gasteiger partial charge in [0, 0.05) is 18.3 Å². The molecule has 0 bridgehead atoms. The van der Waals surface area contributed by atoms with E-state index < -0.39 is 9.84 Å². The minimum Gasteiger partial charge on any atom is -0.310 e. The Morgan fingerprint density at radius 2 is 1.69 bits per heavy atom. The Hall–Kier alpha value is -0.0900. The van der Waals surface area contributed by atoms with Gasteiger partial charge in [-0.25, -0.2) is 8.42 Å². The van der Waals surface area contributed by atoms with E-state index in [2.05, 4.69) is 19.2 Å². The van der Waals surface area contributed by atoms with Gasteiger partial charge in [0.15, 0.2) is 0 Å². The Morgan fingerprint density at radius 1 is 1.19 bits per heavy atom. The van der Waals surface area contributed by atoms with Gasteiger partial charge in [-0.3, -0.25) is 0 Å². The lowest BCUT2D eigenvalue weighted by molar-refractivity contribution is 0.231. The second kappa shape index (κ2) is 5.50. The van der Waals surface area contributed by atoms with Crippen LogP contribution in [-0.4, -0.2) is 32.5 Å². The highest BCUT2D eigenvalue weighted by Gasteiger charge is 2.25. The molecule has 3 nitrogen and oxygen atoms in total. The highest BCUT2D eigenvalue weighted by atomic mass is 32.2. The van der Waals surface area contributed by atoms with Crippen LogP contribution < -0.4 is 5.32 Å². The van der Waals surface area contributed by atoms with E-state index in [1.54, 1.807) is 0 Å². The standard InChI is InChI=1S/C12H25NO2S/c1-9-5-10(2)7-12(6-9)13-11(3)8-16(4,14)15/h9-13H,5-8H2,1-4H3. The highest BCUT2D eigenvalue weighted by Crippen LogP contribution is 2.28. The van der Waals surface area contributed by atoms with Crippen molar-refractivity contribution in [3.05, 3.63) is 0 Å². The van der Waals surface area contributed by atoms with Crippen LogP contribution in [0.3, 0.4) is 0 Å². The van der Waals surface area contributed by atoms with Crippen molar-refractivity contribution in [2.45, 2.75) is 52.1 Å². The van der Waals surface area contributed by atoms with E-state index in [-0.39, 0.29) is 11.8 Å². The Balaban J connectivity index is 2.41. The molecule has 0 aromatic rings. The Bertz CT molecular complexity index is 303. The minimum absolute atomic E-state index is 0.0671. The third-order valence-electron chi connectivity index (χ3n) is 3.25. The van der Waals surface area contributed by atoms with Gasteiger partial charge in [-0.15, -0.1) is 0 Å². The number of sulfone groups is 1. The molecule has 3 atom stereocenters. The lowest BCUT2D eigenvalue weighted by Gasteiger charge is -2.33. The van der Waals surface area contributed by atoms with Crippen LogP contribution in [0.4, 0.5) is 0 Å². The zero-order valence-electron chi connectivity index (χ0n) is 10.9. The maximum absolute atomic E-state index is 11.2. The van der Waals surface area contributed by atoms with E-state index in [9.17, 15) is 8.42 Å². The Kier molecular flexibility index (Phi) is 4.80. The van der Waals surface area contributed by atoms with Gasteiger partial charge in [0.25, 0.3) is 0 Å². The smallest absolute Gasteiger partial charge is 0.148 e. The predicted octanol–water partition coefficient (Wildman–Crippen LogP) is 1.83. The van der Waals surface area contributed by atoms with Crippen LogP contribution in [0.2, 0.25) is 0 Å². The SMILES string of the molecule is CC1CC(C)CC(NC(C)CS(C)(=O)=O)C1. The molecule has 1 aliphatic rings. The van der Waals surface area contributed by atoms with Gasteiger partial charge < -0.3 is 5.32 Å². The molecule has 3 unspecified atom stereocenters. The van der Waals surface area contributed by atoms with Crippen LogP contribution in [0.15, 0.2) is 0 Å². The fraction of sp³-hybridized carbons (Fsp3) is 1.00. The summed E-state index contributed by atoms with van der Waals surface area (Å²) in [4.78, 5) is 0. The van der Waals surface area contributed by atoms with Gasteiger partial charge in [-0.05, 0) is 38.0 Å². The molecule has 1 saturated carbocycles. The first-order chi connectivity index (χ1) is 7.26. The lowest BCUT2D eigenvalue weighted by Crippen LogP contribution is -2.43. The highest BCUT2D eigenvalue weighted by molar-refractivity contribution is 7.90. The number of nitrogens with one attached hydrogen (secondary N) is 1. The van der Waals surface area contributed by atoms with Crippen molar-refractivity contribution < 1.29 is 8.42 Å². The summed E-state index contributed by atoms with van der Waals surface area (Å²) in [6.07, 6.45) is 4.97. The summed E-state index contributed by atoms with van der Waals surface area (Å²) in [6, 6.07) is 0.563. The third kappa shape index (κ3) is 5.30. The van der Waals surface area contributed by atoms with Crippen LogP contribution in [0, 0.1) is 11.8 Å². The molecular weight excluding hydrogens is 222 g/mol. The molecule has 0 spiro atoms. The van der Waals surface area contributed by atoms with Crippen molar-refractivity contribution in [2.75, 3.05) is 12.0 Å². The van der Waals surface area contributed by atoms with Crippen LogP contribution in [0.5, 0.6) is 0 Å². The Morgan fingerprint density at radius 3 is 2.12 bits per heavy atom. The second-order valence-electron chi connectivity index (χ2n) is 5.77. The fourth-order valence-electron chi connectivity index (χ4n) is 2.99. The van der Waals surface area contributed by atoms with E-state index in [0.29, 0.717) is 6.04 Å². The number of rotatable bonds is 4. The molecule has 1 N–H and O–H groups in total. The summed E-state index contributed by atoms with van der Waals surface area (Å²) in [5.41, 5.74) is 0. The van der Waals surface area contributed by atoms with E-state index in [1.807, 2.05) is 6.92 Å². The molecular formula is C12H25NO2S. The average molecular weight is 247 g/mol. The molecule has 0 saturated heterocycles. The number of hydrogen-bond donors (Lipinski definition) is 1. The van der Waals surface area contributed by atoms with Crippen molar-refractivity contribution in [3.8, 4) is 0 Å². The summed E-state index contributed by atoms with van der Waals surface area (Å²) < 4.78 is 22.3. The molecule has 1 rings (SSSR count). The van der Waals surface area contributed by atoms with Crippen molar-refractivity contribution in [1.29, 1.82) is 0 Å². The van der Waals surface area contributed by atoms with Gasteiger partial charge in [0.05, 0.1) is 5.75 Å². The summed E-state index contributed by atoms with van der Waals surface area (Å²) in [7, 11) is -2.86. The maximum Gasteiger partial charge on any atom is 0.148 e. The summed E-state index contributed by atoms with van der Waals surface area (Å²) in [5, 5.41) is 3.46. The van der Waals surface area contributed by atoms with Crippen LogP contribution in [0.1, 0.15) is 40.0 Å². The van der Waals surface area contributed by atoms with Crippen LogP contribution in [-0.2, 0) is 9.84 Å². The molecule has 4 heteroatoms. The van der Waals surface area contributed by atoms with Crippen molar-refractivity contribution in [1.82, 2.24) is 5.32 Å². The largest absolute Gasteiger partial charge is 0.310 e. The van der Waals surface area contributed by atoms with Gasteiger partial charge in [0.1, 0.15) is 9.84 Å². The van der Waals surface area contributed by atoms with Gasteiger partial charge in [0.2, 0.25) is 0 Å². The zero-order valence-corrected chi connectivity index (χ0v) is 11.7. The molecule has 0 aromatic carbocycles. The number of hydrogen-bond acceptors (Lipinski definition) is 3. The zero-order chi connectivity index (χ0) is 12.3. The van der Waals surface area contributed by atoms with Crippen molar-refractivity contribution in [3.63, 3.8) is 0 Å². The van der Waals surface area contributed by atoms with Gasteiger partial charge in [-0.2, -0.15) is 0 Å². The third-order valence-corrected chi connectivity index (χ3v) is 4.36. The molecule has 0 aliphatic heterocycles. The van der Waals surface area contributed by atoms with Crippen molar-refractivity contribution >= 4 is 9.84 Å². The second-order valence-corrected chi connectivity index (χ2v) is 7.96. The summed E-state index contributed by atoms with van der Waals surface area (Å²) in [5.74, 6) is 1.75. The van der Waals surface area contributed by atoms with E-state index in [1.165, 1.54) is 25.5 Å². The monoisotopic (exact) mass is 247 g/mol. The molecule has 96 valence electrons. The maximum atomic E-state index is 11.2. The average Bonchev–Trinajstić information content (AvgIpc) is 1.96. The minimum atomic E-state index is -2.86. The molecule has 0 heterocycles. The van der Waals surface area contributed by atoms with Crippen LogP contribution >= 0.6 is 0 Å². The van der Waals surface area contributed by atoms with Gasteiger partial charge in [-0.1, -0.05) is 13.8 Å². The van der Waals surface area contributed by atoms with Crippen molar-refractivity contribution in [2.24, 2.45) is 11.8 Å².